The van der Waals surface area contributed by atoms with E-state index in [4.69, 9.17) is 16.3 Å². The SMILES string of the molecule is C=CCc1ccc(OCc2cn(-c3ccccc3Cl)nn2)c(O)c1. The Morgan fingerprint density at radius 2 is 2.08 bits per heavy atom. The van der Waals surface area contributed by atoms with Gasteiger partial charge in [-0.1, -0.05) is 41.1 Å². The number of nitrogens with zero attached hydrogens (tertiary/aromatic N) is 3. The second-order valence-electron chi connectivity index (χ2n) is 5.19. The Hall–Kier alpha value is -2.79. The Morgan fingerprint density at radius 1 is 1.25 bits per heavy atom. The van der Waals surface area contributed by atoms with E-state index in [9.17, 15) is 5.11 Å². The predicted molar refractivity (Wildman–Crippen MR) is 92.7 cm³/mol. The molecule has 0 saturated carbocycles. The molecule has 0 spiro atoms. The van der Waals surface area contributed by atoms with Gasteiger partial charge in [0, 0.05) is 0 Å². The van der Waals surface area contributed by atoms with Crippen molar-refractivity contribution in [3.63, 3.8) is 0 Å². The largest absolute Gasteiger partial charge is 0.504 e. The first kappa shape index (κ1) is 16.1. The molecule has 2 aromatic carbocycles. The van der Waals surface area contributed by atoms with E-state index in [-0.39, 0.29) is 12.4 Å². The second kappa shape index (κ2) is 7.19. The van der Waals surface area contributed by atoms with Gasteiger partial charge < -0.3 is 9.84 Å². The topological polar surface area (TPSA) is 60.2 Å². The average Bonchev–Trinajstić information content (AvgIpc) is 3.03. The fourth-order valence-corrected chi connectivity index (χ4v) is 2.47. The lowest BCUT2D eigenvalue weighted by atomic mass is 10.1. The van der Waals surface area contributed by atoms with Crippen LogP contribution in [0.3, 0.4) is 0 Å². The molecule has 0 aliphatic rings. The molecule has 0 saturated heterocycles. The first-order valence-electron chi connectivity index (χ1n) is 7.39. The molecule has 0 bridgehead atoms. The van der Waals surface area contributed by atoms with Gasteiger partial charge in [0.15, 0.2) is 11.5 Å². The van der Waals surface area contributed by atoms with Gasteiger partial charge in [0.2, 0.25) is 0 Å². The Bertz CT molecular complexity index is 861. The maximum atomic E-state index is 10.00. The summed E-state index contributed by atoms with van der Waals surface area (Å²) in [5.41, 5.74) is 2.35. The van der Waals surface area contributed by atoms with Gasteiger partial charge in [-0.15, -0.1) is 11.7 Å². The van der Waals surface area contributed by atoms with Crippen LogP contribution in [-0.4, -0.2) is 20.1 Å². The van der Waals surface area contributed by atoms with Crippen LogP contribution < -0.4 is 4.74 Å². The molecule has 0 aliphatic heterocycles. The first-order chi connectivity index (χ1) is 11.7. The minimum Gasteiger partial charge on any atom is -0.504 e. The van der Waals surface area contributed by atoms with E-state index in [1.165, 1.54) is 0 Å². The molecule has 0 atom stereocenters. The molecule has 122 valence electrons. The smallest absolute Gasteiger partial charge is 0.161 e. The third-order valence-corrected chi connectivity index (χ3v) is 3.74. The molecular formula is C18H16ClN3O2. The number of halogens is 1. The number of aromatic hydroxyl groups is 1. The molecule has 6 heteroatoms. The molecule has 1 heterocycles. The normalized spacial score (nSPS) is 10.5. The van der Waals surface area contributed by atoms with Crippen molar-refractivity contribution in [2.75, 3.05) is 0 Å². The summed E-state index contributed by atoms with van der Waals surface area (Å²) < 4.78 is 7.20. The summed E-state index contributed by atoms with van der Waals surface area (Å²) in [6.07, 6.45) is 4.21. The fraction of sp³-hybridized carbons (Fsp3) is 0.111. The Balaban J connectivity index is 1.70. The van der Waals surface area contributed by atoms with Crippen LogP contribution in [0.25, 0.3) is 5.69 Å². The molecule has 5 nitrogen and oxygen atoms in total. The number of para-hydroxylation sites is 1. The van der Waals surface area contributed by atoms with E-state index >= 15 is 0 Å². The van der Waals surface area contributed by atoms with Gasteiger partial charge in [0.25, 0.3) is 0 Å². The minimum atomic E-state index is 0.0906. The highest BCUT2D eigenvalue weighted by Crippen LogP contribution is 2.28. The Morgan fingerprint density at radius 3 is 2.83 bits per heavy atom. The molecule has 1 aromatic heterocycles. The van der Waals surface area contributed by atoms with E-state index in [0.717, 1.165) is 11.3 Å². The van der Waals surface area contributed by atoms with Gasteiger partial charge in [-0.2, -0.15) is 0 Å². The van der Waals surface area contributed by atoms with Crippen LogP contribution in [0.2, 0.25) is 5.02 Å². The van der Waals surface area contributed by atoms with Crippen LogP contribution >= 0.6 is 11.6 Å². The van der Waals surface area contributed by atoms with E-state index in [0.29, 0.717) is 22.9 Å². The maximum absolute atomic E-state index is 10.00. The van der Waals surface area contributed by atoms with Crippen molar-refractivity contribution in [2.45, 2.75) is 13.0 Å². The molecular weight excluding hydrogens is 326 g/mol. The molecule has 24 heavy (non-hydrogen) atoms. The quantitative estimate of drug-likeness (QED) is 0.690. The minimum absolute atomic E-state index is 0.0906. The number of hydrogen-bond acceptors (Lipinski definition) is 4. The van der Waals surface area contributed by atoms with Gasteiger partial charge >= 0.3 is 0 Å². The van der Waals surface area contributed by atoms with Crippen LogP contribution in [0.1, 0.15) is 11.3 Å². The van der Waals surface area contributed by atoms with Crippen molar-refractivity contribution < 1.29 is 9.84 Å². The standard InChI is InChI=1S/C18H16ClN3O2/c1-2-5-13-8-9-18(17(23)10-13)24-12-14-11-22(21-20-14)16-7-4-3-6-15(16)19/h2-4,6-11,23H,1,5,12H2. The zero-order chi connectivity index (χ0) is 16.9. The molecule has 0 fully saturated rings. The number of ether oxygens (including phenoxy) is 1. The summed E-state index contributed by atoms with van der Waals surface area (Å²) >= 11 is 6.14. The fourth-order valence-electron chi connectivity index (χ4n) is 2.25. The van der Waals surface area contributed by atoms with Crippen molar-refractivity contribution in [3.8, 4) is 17.2 Å². The first-order valence-corrected chi connectivity index (χ1v) is 7.77. The van der Waals surface area contributed by atoms with Gasteiger partial charge in [-0.25, -0.2) is 4.68 Å². The average molecular weight is 342 g/mol. The zero-order valence-electron chi connectivity index (χ0n) is 12.9. The molecule has 1 N–H and O–H groups in total. The molecule has 3 aromatic rings. The molecule has 3 rings (SSSR count). The number of benzene rings is 2. The van der Waals surface area contributed by atoms with Crippen LogP contribution in [0.15, 0.2) is 61.3 Å². The monoisotopic (exact) mass is 341 g/mol. The summed E-state index contributed by atoms with van der Waals surface area (Å²) in [6, 6.07) is 12.7. The van der Waals surface area contributed by atoms with Crippen LogP contribution in [-0.2, 0) is 13.0 Å². The summed E-state index contributed by atoms with van der Waals surface area (Å²) in [7, 11) is 0. The number of aromatic nitrogens is 3. The molecule has 0 amide bonds. The van der Waals surface area contributed by atoms with Crippen LogP contribution in [0.4, 0.5) is 0 Å². The van der Waals surface area contributed by atoms with E-state index in [1.807, 2.05) is 24.3 Å². The number of hydrogen-bond donors (Lipinski definition) is 1. The van der Waals surface area contributed by atoms with Crippen molar-refractivity contribution in [1.82, 2.24) is 15.0 Å². The highest BCUT2D eigenvalue weighted by atomic mass is 35.5. The Labute approximate surface area is 144 Å². The Kier molecular flexibility index (Phi) is 4.82. The highest BCUT2D eigenvalue weighted by molar-refractivity contribution is 6.32. The predicted octanol–water partition coefficient (Wildman–Crippen LogP) is 3.93. The number of phenolic OH excluding ortho intramolecular Hbond substituents is 1. The number of phenols is 1. The van der Waals surface area contributed by atoms with Gasteiger partial charge in [-0.05, 0) is 36.2 Å². The highest BCUT2D eigenvalue weighted by Gasteiger charge is 2.08. The van der Waals surface area contributed by atoms with E-state index < -0.39 is 0 Å². The van der Waals surface area contributed by atoms with Crippen molar-refractivity contribution in [2.24, 2.45) is 0 Å². The maximum Gasteiger partial charge on any atom is 0.161 e. The third-order valence-electron chi connectivity index (χ3n) is 3.42. The molecule has 0 unspecified atom stereocenters. The molecule has 0 radical (unpaired) electrons. The lowest BCUT2D eigenvalue weighted by Gasteiger charge is -2.07. The summed E-state index contributed by atoms with van der Waals surface area (Å²) in [5, 5.41) is 18.7. The zero-order valence-corrected chi connectivity index (χ0v) is 13.6. The van der Waals surface area contributed by atoms with Gasteiger partial charge in [-0.3, -0.25) is 0 Å². The summed E-state index contributed by atoms with van der Waals surface area (Å²) in [4.78, 5) is 0. The third kappa shape index (κ3) is 3.58. The number of rotatable bonds is 6. The molecule has 0 aliphatic carbocycles. The van der Waals surface area contributed by atoms with Crippen molar-refractivity contribution in [3.05, 3.63) is 77.6 Å². The van der Waals surface area contributed by atoms with Gasteiger partial charge in [0.1, 0.15) is 12.3 Å². The van der Waals surface area contributed by atoms with E-state index in [1.54, 1.807) is 35.2 Å². The number of allylic oxidation sites excluding steroid dienone is 1. The van der Waals surface area contributed by atoms with E-state index in [2.05, 4.69) is 16.9 Å². The lowest BCUT2D eigenvalue weighted by Crippen LogP contribution is -1.97. The van der Waals surface area contributed by atoms with Crippen molar-refractivity contribution in [1.29, 1.82) is 0 Å². The summed E-state index contributed by atoms with van der Waals surface area (Å²) in [6.45, 7) is 3.87. The van der Waals surface area contributed by atoms with Crippen LogP contribution in [0, 0.1) is 0 Å². The second-order valence-corrected chi connectivity index (χ2v) is 5.60. The summed E-state index contributed by atoms with van der Waals surface area (Å²) in [5.74, 6) is 0.489. The lowest BCUT2D eigenvalue weighted by molar-refractivity contribution is 0.284. The van der Waals surface area contributed by atoms with Crippen molar-refractivity contribution >= 4 is 11.6 Å². The van der Waals surface area contributed by atoms with Crippen LogP contribution in [0.5, 0.6) is 11.5 Å². The van der Waals surface area contributed by atoms with Gasteiger partial charge in [0.05, 0.1) is 16.9 Å².